The Balaban J connectivity index is 1.87. The Bertz CT molecular complexity index is 890. The second-order valence-corrected chi connectivity index (χ2v) is 6.66. The van der Waals surface area contributed by atoms with Gasteiger partial charge in [-0.1, -0.05) is 29.8 Å². The van der Waals surface area contributed by atoms with Crippen molar-refractivity contribution >= 4 is 11.6 Å². The molecular weight excluding hydrogens is 376 g/mol. The van der Waals surface area contributed by atoms with Gasteiger partial charge in [-0.25, -0.2) is 18.4 Å². The molecule has 142 valence electrons. The second kappa shape index (κ2) is 8.12. The van der Waals surface area contributed by atoms with E-state index in [1.165, 1.54) is 23.4 Å². The standard InChI is InChI=1S/C19H18ClF2N3O2/c1-13(27-9-14-2-4-15(20)5-3-14)19(26,10-25-12-23-11-24-25)17-7-6-16(21)8-18(17)22/h2-8,11-13,26H,9-10H2,1H3. The van der Waals surface area contributed by atoms with Gasteiger partial charge in [-0.15, -0.1) is 0 Å². The Hall–Kier alpha value is -2.35. The van der Waals surface area contributed by atoms with Crippen molar-refractivity contribution in [2.45, 2.75) is 31.8 Å². The van der Waals surface area contributed by atoms with E-state index in [4.69, 9.17) is 16.3 Å². The summed E-state index contributed by atoms with van der Waals surface area (Å²) in [5.74, 6) is -1.59. The lowest BCUT2D eigenvalue weighted by molar-refractivity contribution is -0.124. The zero-order chi connectivity index (χ0) is 19.4. The summed E-state index contributed by atoms with van der Waals surface area (Å²) in [4.78, 5) is 3.83. The maximum atomic E-state index is 14.4. The lowest BCUT2D eigenvalue weighted by atomic mass is 9.88. The summed E-state index contributed by atoms with van der Waals surface area (Å²) in [6, 6.07) is 10.1. The van der Waals surface area contributed by atoms with Crippen molar-refractivity contribution in [1.82, 2.24) is 14.8 Å². The summed E-state index contributed by atoms with van der Waals surface area (Å²) >= 11 is 5.87. The van der Waals surface area contributed by atoms with Gasteiger partial charge in [0.25, 0.3) is 0 Å². The molecule has 0 saturated carbocycles. The molecular formula is C19H18ClF2N3O2. The Morgan fingerprint density at radius 3 is 2.59 bits per heavy atom. The smallest absolute Gasteiger partial charge is 0.138 e. The molecule has 2 unspecified atom stereocenters. The van der Waals surface area contributed by atoms with Crippen LogP contribution in [0.4, 0.5) is 8.78 Å². The van der Waals surface area contributed by atoms with Crippen molar-refractivity contribution < 1.29 is 18.6 Å². The number of nitrogens with zero attached hydrogens (tertiary/aromatic N) is 3. The number of aliphatic hydroxyl groups is 1. The highest BCUT2D eigenvalue weighted by Crippen LogP contribution is 2.32. The molecule has 1 heterocycles. The number of hydrogen-bond donors (Lipinski definition) is 1. The molecule has 1 aromatic heterocycles. The molecule has 3 aromatic rings. The molecule has 0 aliphatic heterocycles. The fourth-order valence-corrected chi connectivity index (χ4v) is 2.90. The zero-order valence-corrected chi connectivity index (χ0v) is 15.3. The van der Waals surface area contributed by atoms with E-state index in [1.54, 1.807) is 31.2 Å². The van der Waals surface area contributed by atoms with Gasteiger partial charge in [0.2, 0.25) is 0 Å². The molecule has 27 heavy (non-hydrogen) atoms. The Labute approximate surface area is 160 Å². The van der Waals surface area contributed by atoms with Gasteiger partial charge in [0.1, 0.15) is 29.9 Å². The Morgan fingerprint density at radius 2 is 1.96 bits per heavy atom. The fourth-order valence-electron chi connectivity index (χ4n) is 2.77. The van der Waals surface area contributed by atoms with E-state index < -0.39 is 23.3 Å². The molecule has 5 nitrogen and oxygen atoms in total. The monoisotopic (exact) mass is 393 g/mol. The summed E-state index contributed by atoms with van der Waals surface area (Å²) < 4.78 is 34.9. The van der Waals surface area contributed by atoms with Gasteiger partial charge in [-0.2, -0.15) is 5.10 Å². The maximum absolute atomic E-state index is 14.4. The lowest BCUT2D eigenvalue weighted by Crippen LogP contribution is -2.44. The third-order valence-electron chi connectivity index (χ3n) is 4.35. The maximum Gasteiger partial charge on any atom is 0.138 e. The van der Waals surface area contributed by atoms with Crippen LogP contribution < -0.4 is 0 Å². The van der Waals surface area contributed by atoms with Gasteiger partial charge in [-0.05, 0) is 30.7 Å². The van der Waals surface area contributed by atoms with Crippen LogP contribution in [0.5, 0.6) is 0 Å². The Morgan fingerprint density at radius 1 is 1.22 bits per heavy atom. The van der Waals surface area contributed by atoms with Crippen molar-refractivity contribution in [3.05, 3.63) is 82.9 Å². The van der Waals surface area contributed by atoms with Crippen LogP contribution in [0.2, 0.25) is 5.02 Å². The van der Waals surface area contributed by atoms with Gasteiger partial charge < -0.3 is 9.84 Å². The quantitative estimate of drug-likeness (QED) is 0.665. The molecule has 0 aliphatic rings. The zero-order valence-electron chi connectivity index (χ0n) is 14.5. The molecule has 2 aromatic carbocycles. The van der Waals surface area contributed by atoms with Crippen LogP contribution in [0.15, 0.2) is 55.1 Å². The lowest BCUT2D eigenvalue weighted by Gasteiger charge is -2.34. The summed E-state index contributed by atoms with van der Waals surface area (Å²) in [5.41, 5.74) is -1.03. The predicted octanol–water partition coefficient (Wildman–Crippen LogP) is 3.70. The van der Waals surface area contributed by atoms with Gasteiger partial charge in [0.05, 0.1) is 19.3 Å². The van der Waals surface area contributed by atoms with E-state index in [9.17, 15) is 13.9 Å². The predicted molar refractivity (Wildman–Crippen MR) is 96.0 cm³/mol. The molecule has 0 aliphatic carbocycles. The fraction of sp³-hybridized carbons (Fsp3) is 0.263. The van der Waals surface area contributed by atoms with Crippen molar-refractivity contribution in [3.8, 4) is 0 Å². The molecule has 0 saturated heterocycles. The normalized spacial score (nSPS) is 14.7. The number of benzene rings is 2. The first-order valence-corrected chi connectivity index (χ1v) is 8.62. The third-order valence-corrected chi connectivity index (χ3v) is 4.60. The summed E-state index contributed by atoms with van der Waals surface area (Å²) in [6.07, 6.45) is 1.87. The highest BCUT2D eigenvalue weighted by Gasteiger charge is 2.40. The summed E-state index contributed by atoms with van der Waals surface area (Å²) in [6.45, 7) is 1.69. The van der Waals surface area contributed by atoms with Crippen LogP contribution in [0.1, 0.15) is 18.1 Å². The summed E-state index contributed by atoms with van der Waals surface area (Å²) in [7, 11) is 0. The molecule has 0 spiro atoms. The van der Waals surface area contributed by atoms with Crippen LogP contribution >= 0.6 is 11.6 Å². The third kappa shape index (κ3) is 4.50. The second-order valence-electron chi connectivity index (χ2n) is 6.22. The number of rotatable bonds is 7. The van der Waals surface area contributed by atoms with Crippen LogP contribution in [-0.2, 0) is 23.5 Å². The molecule has 3 rings (SSSR count). The Kier molecular flexibility index (Phi) is 5.84. The van der Waals surface area contributed by atoms with Crippen molar-refractivity contribution in [1.29, 1.82) is 0 Å². The van der Waals surface area contributed by atoms with Crippen LogP contribution in [0, 0.1) is 11.6 Å². The molecule has 8 heteroatoms. The SMILES string of the molecule is CC(OCc1ccc(Cl)cc1)C(O)(Cn1cncn1)c1ccc(F)cc1F. The van der Waals surface area contributed by atoms with E-state index in [0.29, 0.717) is 5.02 Å². The van der Waals surface area contributed by atoms with Crippen molar-refractivity contribution in [2.75, 3.05) is 0 Å². The van der Waals surface area contributed by atoms with Crippen LogP contribution in [0.3, 0.4) is 0 Å². The molecule has 2 atom stereocenters. The van der Waals surface area contributed by atoms with Crippen molar-refractivity contribution in [2.24, 2.45) is 0 Å². The number of ether oxygens (including phenoxy) is 1. The molecule has 0 bridgehead atoms. The molecule has 1 N–H and O–H groups in total. The highest BCUT2D eigenvalue weighted by molar-refractivity contribution is 6.30. The minimum Gasteiger partial charge on any atom is -0.380 e. The minimum absolute atomic E-state index is 0.0805. The largest absolute Gasteiger partial charge is 0.380 e. The topological polar surface area (TPSA) is 60.2 Å². The van der Waals surface area contributed by atoms with E-state index in [1.807, 2.05) is 0 Å². The van der Waals surface area contributed by atoms with Gasteiger partial charge in [-0.3, -0.25) is 0 Å². The molecule has 0 amide bonds. The van der Waals surface area contributed by atoms with E-state index >= 15 is 0 Å². The number of halogens is 3. The van der Waals surface area contributed by atoms with Gasteiger partial charge in [0, 0.05) is 16.7 Å². The van der Waals surface area contributed by atoms with Crippen LogP contribution in [-0.4, -0.2) is 26.0 Å². The molecule has 0 fully saturated rings. The summed E-state index contributed by atoms with van der Waals surface area (Å²) in [5, 5.41) is 15.9. The van der Waals surface area contributed by atoms with E-state index in [0.717, 1.165) is 17.7 Å². The highest BCUT2D eigenvalue weighted by atomic mass is 35.5. The first-order chi connectivity index (χ1) is 12.9. The number of hydrogen-bond acceptors (Lipinski definition) is 4. The van der Waals surface area contributed by atoms with Gasteiger partial charge in [0.15, 0.2) is 0 Å². The minimum atomic E-state index is -1.79. The average molecular weight is 394 g/mol. The first kappa shape index (κ1) is 19.4. The first-order valence-electron chi connectivity index (χ1n) is 8.25. The average Bonchev–Trinajstić information content (AvgIpc) is 3.13. The van der Waals surface area contributed by atoms with Gasteiger partial charge >= 0.3 is 0 Å². The number of aromatic nitrogens is 3. The van der Waals surface area contributed by atoms with E-state index in [-0.39, 0.29) is 18.7 Å². The molecule has 0 radical (unpaired) electrons. The van der Waals surface area contributed by atoms with Crippen molar-refractivity contribution in [3.63, 3.8) is 0 Å². The van der Waals surface area contributed by atoms with Crippen LogP contribution in [0.25, 0.3) is 0 Å². The van der Waals surface area contributed by atoms with E-state index in [2.05, 4.69) is 10.1 Å².